The van der Waals surface area contributed by atoms with Gasteiger partial charge in [-0.05, 0) is 47.4 Å². The van der Waals surface area contributed by atoms with Gasteiger partial charge in [0.25, 0.3) is 0 Å². The molecule has 1 fully saturated rings. The maximum atomic E-state index is 14.3. The zero-order chi connectivity index (χ0) is 24.3. The van der Waals surface area contributed by atoms with E-state index in [1.54, 1.807) is 39.0 Å². The first kappa shape index (κ1) is 23.5. The first-order valence-corrected chi connectivity index (χ1v) is 11.2. The molecule has 1 spiro atoms. The lowest BCUT2D eigenvalue weighted by Gasteiger charge is -2.36. The largest absolute Gasteiger partial charge is 0.480 e. The van der Waals surface area contributed by atoms with Crippen molar-refractivity contribution in [1.29, 1.82) is 0 Å². The molecule has 6 nitrogen and oxygen atoms in total. The van der Waals surface area contributed by atoms with E-state index in [-0.39, 0.29) is 31.0 Å². The van der Waals surface area contributed by atoms with E-state index in [1.165, 1.54) is 28.0 Å². The van der Waals surface area contributed by atoms with E-state index in [9.17, 15) is 23.9 Å². The van der Waals surface area contributed by atoms with Crippen molar-refractivity contribution in [3.05, 3.63) is 63.4 Å². The van der Waals surface area contributed by atoms with Gasteiger partial charge in [0.2, 0.25) is 11.8 Å². The molecule has 174 valence electrons. The van der Waals surface area contributed by atoms with Crippen LogP contribution in [0.4, 0.5) is 10.1 Å². The number of likely N-dealkylation sites (tertiary alicyclic amines) is 1. The second kappa shape index (κ2) is 7.99. The lowest BCUT2D eigenvalue weighted by Crippen LogP contribution is -2.54. The van der Waals surface area contributed by atoms with Crippen molar-refractivity contribution in [2.45, 2.75) is 45.2 Å². The predicted octanol–water partition coefficient (Wildman–Crippen LogP) is 4.65. The summed E-state index contributed by atoms with van der Waals surface area (Å²) in [7, 11) is 0. The normalized spacial score (nSPS) is 21.2. The molecule has 0 radical (unpaired) electrons. The molecular weight excluding hydrogens is 470 g/mol. The second-order valence-electron chi connectivity index (χ2n) is 9.69. The third-order valence-electron chi connectivity index (χ3n) is 6.31. The zero-order valence-corrected chi connectivity index (χ0v) is 19.9. The number of benzene rings is 2. The fourth-order valence-electron chi connectivity index (χ4n) is 4.86. The van der Waals surface area contributed by atoms with Crippen molar-refractivity contribution in [1.82, 2.24) is 4.90 Å². The third kappa shape index (κ3) is 3.87. The summed E-state index contributed by atoms with van der Waals surface area (Å²) in [4.78, 5) is 41.9. The Labute approximate surface area is 200 Å². The first-order valence-electron chi connectivity index (χ1n) is 10.4. The molecule has 0 bridgehead atoms. The number of halogens is 3. The van der Waals surface area contributed by atoms with Crippen LogP contribution in [-0.2, 0) is 26.3 Å². The summed E-state index contributed by atoms with van der Waals surface area (Å²) < 4.78 is 14.3. The van der Waals surface area contributed by atoms with Crippen molar-refractivity contribution in [2.24, 2.45) is 5.41 Å². The minimum absolute atomic E-state index is 0.0169. The van der Waals surface area contributed by atoms with E-state index in [1.807, 2.05) is 0 Å². The minimum atomic E-state index is -1.30. The SMILES string of the molecule is CC(C)(C)C(C(=O)O)N1C(=O)C2(CC(=O)N(Cc3cc(Cl)ccc3F)C2)c2cc(Cl)ccc21. The second-order valence-corrected chi connectivity index (χ2v) is 10.6. The summed E-state index contributed by atoms with van der Waals surface area (Å²) in [5.74, 6) is -2.45. The summed E-state index contributed by atoms with van der Waals surface area (Å²) in [5, 5.41) is 10.7. The molecule has 33 heavy (non-hydrogen) atoms. The molecule has 0 aromatic heterocycles. The Hall–Kier alpha value is -2.64. The van der Waals surface area contributed by atoms with Gasteiger partial charge < -0.3 is 10.0 Å². The molecule has 0 saturated carbocycles. The van der Waals surface area contributed by atoms with Crippen LogP contribution in [-0.4, -0.2) is 40.4 Å². The summed E-state index contributed by atoms with van der Waals surface area (Å²) >= 11 is 12.2. The van der Waals surface area contributed by atoms with Gasteiger partial charge in [-0.15, -0.1) is 0 Å². The van der Waals surface area contributed by atoms with Crippen LogP contribution in [0.25, 0.3) is 0 Å². The lowest BCUT2D eigenvalue weighted by atomic mass is 9.80. The van der Waals surface area contributed by atoms with E-state index in [0.29, 0.717) is 21.3 Å². The van der Waals surface area contributed by atoms with E-state index in [0.717, 1.165) is 0 Å². The van der Waals surface area contributed by atoms with Crippen LogP contribution in [0.2, 0.25) is 10.0 Å². The lowest BCUT2D eigenvalue weighted by molar-refractivity contribution is -0.143. The van der Waals surface area contributed by atoms with E-state index in [4.69, 9.17) is 23.2 Å². The molecule has 2 aliphatic heterocycles. The molecule has 2 amide bonds. The van der Waals surface area contributed by atoms with E-state index in [2.05, 4.69) is 0 Å². The van der Waals surface area contributed by atoms with Crippen LogP contribution in [0.15, 0.2) is 36.4 Å². The number of nitrogens with zero attached hydrogens (tertiary/aromatic N) is 2. The first-order chi connectivity index (χ1) is 15.3. The molecule has 2 aliphatic rings. The average Bonchev–Trinajstić information content (AvgIpc) is 3.14. The highest BCUT2D eigenvalue weighted by Gasteiger charge is 2.60. The highest BCUT2D eigenvalue weighted by molar-refractivity contribution is 6.31. The van der Waals surface area contributed by atoms with Gasteiger partial charge >= 0.3 is 5.97 Å². The van der Waals surface area contributed by atoms with Crippen molar-refractivity contribution in [3.8, 4) is 0 Å². The Bertz CT molecular complexity index is 1180. The van der Waals surface area contributed by atoms with Crippen molar-refractivity contribution >= 4 is 46.7 Å². The number of aliphatic carboxylic acids is 1. The van der Waals surface area contributed by atoms with Gasteiger partial charge in [0.1, 0.15) is 17.3 Å². The van der Waals surface area contributed by atoms with Gasteiger partial charge in [0.05, 0.1) is 0 Å². The average molecular weight is 493 g/mol. The monoisotopic (exact) mass is 492 g/mol. The summed E-state index contributed by atoms with van der Waals surface area (Å²) in [5.41, 5.74) is -0.908. The fraction of sp³-hybridized carbons (Fsp3) is 0.375. The Morgan fingerprint density at radius 3 is 2.42 bits per heavy atom. The van der Waals surface area contributed by atoms with Crippen LogP contribution in [0.1, 0.15) is 38.3 Å². The summed E-state index contributed by atoms with van der Waals surface area (Å²) in [6, 6.07) is 7.77. The molecule has 2 atom stereocenters. The molecule has 0 aliphatic carbocycles. The number of anilines is 1. The molecule has 1 N–H and O–H groups in total. The molecule has 4 rings (SSSR count). The van der Waals surface area contributed by atoms with Crippen LogP contribution in [0.5, 0.6) is 0 Å². The molecular formula is C24H23Cl2FN2O4. The van der Waals surface area contributed by atoms with Gasteiger partial charge in [-0.3, -0.25) is 14.5 Å². The van der Waals surface area contributed by atoms with Crippen molar-refractivity contribution in [2.75, 3.05) is 11.4 Å². The van der Waals surface area contributed by atoms with Crippen LogP contribution < -0.4 is 4.90 Å². The Morgan fingerprint density at radius 1 is 1.15 bits per heavy atom. The summed E-state index contributed by atoms with van der Waals surface area (Å²) in [6.45, 7) is 5.16. The standard InChI is InChI=1S/C24H23Cl2FN2O4/c1-23(2,3)20(21(31)32)29-18-7-5-15(26)9-16(18)24(22(29)33)10-19(30)28(12-24)11-13-8-14(25)4-6-17(13)27/h4-9,20H,10-12H2,1-3H3,(H,31,32). The smallest absolute Gasteiger partial charge is 0.327 e. The fourth-order valence-corrected chi connectivity index (χ4v) is 5.23. The quantitative estimate of drug-likeness (QED) is 0.673. The van der Waals surface area contributed by atoms with E-state index < -0.39 is 34.6 Å². The number of hydrogen-bond donors (Lipinski definition) is 1. The third-order valence-corrected chi connectivity index (χ3v) is 6.78. The van der Waals surface area contributed by atoms with Crippen LogP contribution in [0, 0.1) is 11.2 Å². The van der Waals surface area contributed by atoms with E-state index >= 15 is 0 Å². The number of carbonyl (C=O) groups is 3. The Kier molecular flexibility index (Phi) is 5.69. The number of amides is 2. The zero-order valence-electron chi connectivity index (χ0n) is 18.4. The van der Waals surface area contributed by atoms with Crippen molar-refractivity contribution < 1.29 is 23.9 Å². The highest BCUT2D eigenvalue weighted by Crippen LogP contribution is 2.51. The topological polar surface area (TPSA) is 77.9 Å². The van der Waals surface area contributed by atoms with Gasteiger partial charge in [-0.1, -0.05) is 44.0 Å². The molecule has 2 unspecified atom stereocenters. The predicted molar refractivity (Wildman–Crippen MR) is 123 cm³/mol. The number of carboxylic acid groups (broad SMARTS) is 1. The molecule has 9 heteroatoms. The maximum absolute atomic E-state index is 14.3. The number of carbonyl (C=O) groups excluding carboxylic acids is 2. The van der Waals surface area contributed by atoms with Gasteiger partial charge in [-0.2, -0.15) is 0 Å². The molecule has 2 heterocycles. The Morgan fingerprint density at radius 2 is 1.79 bits per heavy atom. The minimum Gasteiger partial charge on any atom is -0.480 e. The molecule has 1 saturated heterocycles. The van der Waals surface area contributed by atoms with Gasteiger partial charge in [0, 0.05) is 40.8 Å². The molecule has 2 aromatic carbocycles. The number of hydrogen-bond acceptors (Lipinski definition) is 3. The van der Waals surface area contributed by atoms with Crippen molar-refractivity contribution in [3.63, 3.8) is 0 Å². The Balaban J connectivity index is 1.78. The number of rotatable bonds is 4. The van der Waals surface area contributed by atoms with Crippen LogP contribution >= 0.6 is 23.2 Å². The summed E-state index contributed by atoms with van der Waals surface area (Å²) in [6.07, 6.45) is -0.158. The maximum Gasteiger partial charge on any atom is 0.327 e. The number of fused-ring (bicyclic) bond motifs is 2. The van der Waals surface area contributed by atoms with Gasteiger partial charge in [0.15, 0.2) is 0 Å². The van der Waals surface area contributed by atoms with Gasteiger partial charge in [-0.25, -0.2) is 9.18 Å². The van der Waals surface area contributed by atoms with Crippen LogP contribution in [0.3, 0.4) is 0 Å². The number of carboxylic acids is 1. The molecule has 2 aromatic rings. The highest BCUT2D eigenvalue weighted by atomic mass is 35.5.